The lowest BCUT2D eigenvalue weighted by Gasteiger charge is -2.06. The minimum atomic E-state index is -0.882. The maximum Gasteiger partial charge on any atom is 0.101 e. The molecular formula is C6H10O2. The summed E-state index contributed by atoms with van der Waals surface area (Å²) in [5, 5.41) is 17.4. The van der Waals surface area contributed by atoms with Crippen molar-refractivity contribution in [2.45, 2.75) is 12.2 Å². The second kappa shape index (κ2) is 3.41. The highest BCUT2D eigenvalue weighted by Crippen LogP contribution is 1.92. The van der Waals surface area contributed by atoms with Crippen molar-refractivity contribution >= 4 is 0 Å². The molecule has 0 saturated heterocycles. The zero-order valence-corrected chi connectivity index (χ0v) is 4.62. The predicted molar refractivity (Wildman–Crippen MR) is 32.4 cm³/mol. The Balaban J connectivity index is 3.60. The van der Waals surface area contributed by atoms with Gasteiger partial charge in [-0.05, 0) is 0 Å². The van der Waals surface area contributed by atoms with Gasteiger partial charge in [0.2, 0.25) is 0 Å². The molecule has 0 aromatic carbocycles. The fraction of sp³-hybridized carbons (Fsp3) is 0.333. The van der Waals surface area contributed by atoms with E-state index >= 15 is 0 Å². The molecule has 0 aliphatic rings. The second-order valence-electron chi connectivity index (χ2n) is 1.45. The lowest BCUT2D eigenvalue weighted by atomic mass is 10.2. The molecule has 0 saturated carbocycles. The van der Waals surface area contributed by atoms with E-state index in [4.69, 9.17) is 10.2 Å². The minimum Gasteiger partial charge on any atom is -0.386 e. The third kappa shape index (κ3) is 1.91. The fourth-order valence-electron chi connectivity index (χ4n) is 0.279. The van der Waals surface area contributed by atoms with Gasteiger partial charge in [-0.25, -0.2) is 0 Å². The molecule has 0 amide bonds. The summed E-state index contributed by atoms with van der Waals surface area (Å²) < 4.78 is 0. The Morgan fingerprint density at radius 3 is 1.38 bits per heavy atom. The molecule has 0 aromatic rings. The van der Waals surface area contributed by atoms with Gasteiger partial charge in [-0.2, -0.15) is 0 Å². The van der Waals surface area contributed by atoms with Crippen molar-refractivity contribution in [1.29, 1.82) is 0 Å². The lowest BCUT2D eigenvalue weighted by molar-refractivity contribution is 0.0813. The highest BCUT2D eigenvalue weighted by Gasteiger charge is 2.05. The Morgan fingerprint density at radius 1 is 1.00 bits per heavy atom. The van der Waals surface area contributed by atoms with E-state index in [-0.39, 0.29) is 0 Å². The summed E-state index contributed by atoms with van der Waals surface area (Å²) in [6.45, 7) is 6.54. The maximum atomic E-state index is 8.69. The van der Waals surface area contributed by atoms with Gasteiger partial charge in [0.05, 0.1) is 0 Å². The normalized spacial score (nSPS) is 16.8. The highest BCUT2D eigenvalue weighted by atomic mass is 16.3. The topological polar surface area (TPSA) is 40.5 Å². The van der Waals surface area contributed by atoms with E-state index in [1.165, 1.54) is 12.2 Å². The summed E-state index contributed by atoms with van der Waals surface area (Å²) in [5.41, 5.74) is 0. The van der Waals surface area contributed by atoms with Gasteiger partial charge in [0.1, 0.15) is 12.2 Å². The molecule has 0 radical (unpaired) electrons. The second-order valence-corrected chi connectivity index (χ2v) is 1.45. The van der Waals surface area contributed by atoms with Crippen LogP contribution in [0.15, 0.2) is 25.3 Å². The van der Waals surface area contributed by atoms with Crippen molar-refractivity contribution in [2.75, 3.05) is 0 Å². The molecule has 2 nitrogen and oxygen atoms in total. The van der Waals surface area contributed by atoms with Crippen LogP contribution >= 0.6 is 0 Å². The SMILES string of the molecule is C=C[C@@H](O)[C@H](O)C=C. The number of aliphatic hydroxyl groups is 2. The van der Waals surface area contributed by atoms with Gasteiger partial charge >= 0.3 is 0 Å². The third-order valence-corrected chi connectivity index (χ3v) is 0.833. The van der Waals surface area contributed by atoms with Crippen molar-refractivity contribution in [1.82, 2.24) is 0 Å². The van der Waals surface area contributed by atoms with Crippen LogP contribution in [0.3, 0.4) is 0 Å². The van der Waals surface area contributed by atoms with E-state index in [0.29, 0.717) is 0 Å². The first kappa shape index (κ1) is 7.40. The summed E-state index contributed by atoms with van der Waals surface area (Å²) in [7, 11) is 0. The van der Waals surface area contributed by atoms with Crippen LogP contribution in [0.25, 0.3) is 0 Å². The van der Waals surface area contributed by atoms with Crippen LogP contribution in [0.4, 0.5) is 0 Å². The van der Waals surface area contributed by atoms with E-state index in [1.807, 2.05) is 0 Å². The van der Waals surface area contributed by atoms with Crippen LogP contribution in [-0.2, 0) is 0 Å². The molecule has 0 bridgehead atoms. The van der Waals surface area contributed by atoms with Gasteiger partial charge in [0.25, 0.3) is 0 Å². The molecule has 0 aromatic heterocycles. The molecule has 46 valence electrons. The fourth-order valence-corrected chi connectivity index (χ4v) is 0.279. The minimum absolute atomic E-state index is 0.882. The summed E-state index contributed by atoms with van der Waals surface area (Å²) >= 11 is 0. The number of aliphatic hydroxyl groups excluding tert-OH is 2. The van der Waals surface area contributed by atoms with Crippen molar-refractivity contribution in [3.05, 3.63) is 25.3 Å². The quantitative estimate of drug-likeness (QED) is 0.510. The van der Waals surface area contributed by atoms with Crippen LogP contribution in [0.2, 0.25) is 0 Å². The zero-order chi connectivity index (χ0) is 6.57. The molecule has 0 rings (SSSR count). The Hall–Kier alpha value is -0.600. The molecule has 0 aliphatic heterocycles. The summed E-state index contributed by atoms with van der Waals surface area (Å²) in [6.07, 6.45) is 0.749. The Labute approximate surface area is 48.8 Å². The molecule has 0 fully saturated rings. The van der Waals surface area contributed by atoms with Crippen molar-refractivity contribution in [3.63, 3.8) is 0 Å². The Bertz CT molecular complexity index is 76.5. The third-order valence-electron chi connectivity index (χ3n) is 0.833. The van der Waals surface area contributed by atoms with Gasteiger partial charge in [-0.1, -0.05) is 12.2 Å². The lowest BCUT2D eigenvalue weighted by Crippen LogP contribution is -2.20. The molecule has 0 heterocycles. The Kier molecular flexibility index (Phi) is 3.15. The van der Waals surface area contributed by atoms with Crippen LogP contribution in [-0.4, -0.2) is 22.4 Å². The molecule has 0 spiro atoms. The van der Waals surface area contributed by atoms with E-state index in [1.54, 1.807) is 0 Å². The van der Waals surface area contributed by atoms with E-state index in [9.17, 15) is 0 Å². The molecule has 2 heteroatoms. The van der Waals surface area contributed by atoms with Gasteiger partial charge in [-0.15, -0.1) is 13.2 Å². The first-order valence-electron chi connectivity index (χ1n) is 2.33. The van der Waals surface area contributed by atoms with Gasteiger partial charge in [-0.3, -0.25) is 0 Å². The first-order chi connectivity index (χ1) is 3.72. The molecule has 8 heavy (non-hydrogen) atoms. The number of hydrogen-bond donors (Lipinski definition) is 2. The average molecular weight is 114 g/mol. The highest BCUT2D eigenvalue weighted by molar-refractivity contribution is 4.93. The molecule has 2 atom stereocenters. The standard InChI is InChI=1S/C6H10O2/c1-3-5(7)6(8)4-2/h3-8H,1-2H2/t5-,6-/m1/s1. The summed E-state index contributed by atoms with van der Waals surface area (Å²) in [6, 6.07) is 0. The molecule has 0 aliphatic carbocycles. The molecule has 0 unspecified atom stereocenters. The molecular weight excluding hydrogens is 104 g/mol. The largest absolute Gasteiger partial charge is 0.386 e. The van der Waals surface area contributed by atoms with Crippen LogP contribution in [0, 0.1) is 0 Å². The monoisotopic (exact) mass is 114 g/mol. The van der Waals surface area contributed by atoms with Crippen LogP contribution in [0.5, 0.6) is 0 Å². The predicted octanol–water partition coefficient (Wildman–Crippen LogP) is 0.0802. The average Bonchev–Trinajstić information content (AvgIpc) is 1.84. The first-order valence-corrected chi connectivity index (χ1v) is 2.33. The van der Waals surface area contributed by atoms with Crippen molar-refractivity contribution in [2.24, 2.45) is 0 Å². The maximum absolute atomic E-state index is 8.69. The van der Waals surface area contributed by atoms with Gasteiger partial charge < -0.3 is 10.2 Å². The van der Waals surface area contributed by atoms with Crippen LogP contribution in [0.1, 0.15) is 0 Å². The number of hydrogen-bond acceptors (Lipinski definition) is 2. The van der Waals surface area contributed by atoms with Gasteiger partial charge in [0, 0.05) is 0 Å². The molecule has 2 N–H and O–H groups in total. The van der Waals surface area contributed by atoms with Gasteiger partial charge in [0.15, 0.2) is 0 Å². The Morgan fingerprint density at radius 2 is 1.25 bits per heavy atom. The van der Waals surface area contributed by atoms with E-state index in [0.717, 1.165) is 0 Å². The van der Waals surface area contributed by atoms with E-state index < -0.39 is 12.2 Å². The smallest absolute Gasteiger partial charge is 0.101 e. The summed E-state index contributed by atoms with van der Waals surface area (Å²) in [4.78, 5) is 0. The zero-order valence-electron chi connectivity index (χ0n) is 4.62. The van der Waals surface area contributed by atoms with E-state index in [2.05, 4.69) is 13.2 Å². The van der Waals surface area contributed by atoms with Crippen molar-refractivity contribution in [3.8, 4) is 0 Å². The number of rotatable bonds is 3. The van der Waals surface area contributed by atoms with Crippen LogP contribution < -0.4 is 0 Å². The summed E-state index contributed by atoms with van der Waals surface area (Å²) in [5.74, 6) is 0. The van der Waals surface area contributed by atoms with Crippen molar-refractivity contribution < 1.29 is 10.2 Å².